The summed E-state index contributed by atoms with van der Waals surface area (Å²) in [6, 6.07) is 79.9. The molecule has 6 nitrogen and oxygen atoms in total. The van der Waals surface area contributed by atoms with Gasteiger partial charge in [-0.1, -0.05) is 148 Å². The van der Waals surface area contributed by atoms with E-state index in [1.54, 1.807) is 0 Å². The van der Waals surface area contributed by atoms with Gasteiger partial charge < -0.3 is 14.7 Å². The lowest BCUT2D eigenvalue weighted by Gasteiger charge is -2.41. The van der Waals surface area contributed by atoms with E-state index in [4.69, 9.17) is 15.0 Å². The largest absolute Gasteiger partial charge is 0.311 e. The zero-order valence-corrected chi connectivity index (χ0v) is 44.5. The normalized spacial score (nSPS) is 15.3. The molecule has 0 atom stereocenters. The third-order valence-electron chi connectivity index (χ3n) is 15.7. The maximum absolute atomic E-state index is 5.28. The van der Waals surface area contributed by atoms with Gasteiger partial charge >= 0.3 is 0 Å². The van der Waals surface area contributed by atoms with Crippen molar-refractivity contribution in [2.75, 3.05) is 14.7 Å². The fourth-order valence-electron chi connectivity index (χ4n) is 11.9. The molecule has 0 spiro atoms. The van der Waals surface area contributed by atoms with Gasteiger partial charge in [0, 0.05) is 67.9 Å². The Kier molecular flexibility index (Phi) is 10.1. The van der Waals surface area contributed by atoms with E-state index < -0.39 is 24.2 Å². The summed E-state index contributed by atoms with van der Waals surface area (Å²) in [6.45, 7) is 14.8. The third kappa shape index (κ3) is 6.82. The zero-order valence-electron chi connectivity index (χ0n) is 41.5. The van der Waals surface area contributed by atoms with E-state index >= 15 is 0 Å². The van der Waals surface area contributed by atoms with Crippen LogP contribution in [-0.2, 0) is 0 Å². The average Bonchev–Trinajstić information content (AvgIpc) is 3.42. The van der Waals surface area contributed by atoms with Gasteiger partial charge in [-0.3, -0.25) is 0 Å². The minimum atomic E-state index is -1.92. The summed E-state index contributed by atoms with van der Waals surface area (Å²) in [5.74, 6) is 1.87. The van der Waals surface area contributed by atoms with Crippen LogP contribution in [0.1, 0.15) is 0 Å². The highest BCUT2D eigenvalue weighted by atomic mass is 28.3. The minimum Gasteiger partial charge on any atom is -0.311 e. The van der Waals surface area contributed by atoms with Gasteiger partial charge in [-0.25, -0.2) is 15.0 Å². The summed E-state index contributed by atoms with van der Waals surface area (Å²) in [6.07, 6.45) is 0. The number of hydrogen-bond acceptors (Lipinski definition) is 6. The van der Waals surface area contributed by atoms with Crippen LogP contribution in [0, 0.1) is 0 Å². The number of aromatic nitrogens is 3. The molecule has 3 aliphatic rings. The van der Waals surface area contributed by atoms with Crippen LogP contribution < -0.4 is 45.8 Å². The van der Waals surface area contributed by atoms with Gasteiger partial charge in [0.05, 0.1) is 0 Å². The number of fused-ring (bicyclic) bond motifs is 6. The molecule has 348 valence electrons. The Labute approximate surface area is 425 Å². The average molecular weight is 979 g/mol. The Morgan fingerprint density at radius 3 is 0.611 bits per heavy atom. The minimum absolute atomic E-state index is 0.625. The van der Waals surface area contributed by atoms with Crippen molar-refractivity contribution in [1.29, 1.82) is 0 Å². The molecule has 0 N–H and O–H groups in total. The molecule has 13 rings (SSSR count). The van der Waals surface area contributed by atoms with Crippen LogP contribution in [-0.4, -0.2) is 39.2 Å². The molecule has 0 bridgehead atoms. The van der Waals surface area contributed by atoms with E-state index in [1.165, 1.54) is 65.2 Å². The summed E-state index contributed by atoms with van der Waals surface area (Å²) in [5.41, 5.74) is 13.6. The predicted octanol–water partition coefficient (Wildman–Crippen LogP) is 12.7. The van der Waals surface area contributed by atoms with Crippen molar-refractivity contribution in [3.05, 3.63) is 218 Å². The van der Waals surface area contributed by atoms with Crippen molar-refractivity contribution >= 4 is 107 Å². The standard InChI is InChI=1S/C63H54N6Si3/c1-70(2)55-25-13-7-19-49(55)67(50-20-8-14-26-56(50)70)46-37-31-43(32-38-46)61-64-62(44-33-39-47(40-34-44)68-51-21-9-15-27-57(51)71(3,4)58-28-16-10-22-52(58)68)66-63(65-61)45-35-41-48(42-36-45)69-53-23-11-17-29-59(53)72(5,6)60-30-18-12-24-54(60)69/h7-42H,1-6H3. The van der Waals surface area contributed by atoms with E-state index in [0.29, 0.717) is 17.5 Å². The molecule has 0 unspecified atom stereocenters. The monoisotopic (exact) mass is 978 g/mol. The van der Waals surface area contributed by atoms with E-state index in [1.807, 2.05) is 0 Å². The lowest BCUT2D eigenvalue weighted by Crippen LogP contribution is -2.58. The Morgan fingerprint density at radius 2 is 0.417 bits per heavy atom. The maximum atomic E-state index is 5.28. The molecule has 72 heavy (non-hydrogen) atoms. The molecule has 0 fully saturated rings. The van der Waals surface area contributed by atoms with Gasteiger partial charge in [0.25, 0.3) is 0 Å². The SMILES string of the molecule is C[Si]1(C)c2ccccc2N(c2ccc(-c3nc(-c4ccc(N5c6ccccc6[Si](C)(C)c6ccccc65)cc4)nc(-c4ccc(N5c6ccccc6[Si](C)(C)c6ccccc65)cc4)n3)cc2)c2ccccc21. The van der Waals surface area contributed by atoms with Crippen molar-refractivity contribution in [3.8, 4) is 34.2 Å². The highest BCUT2D eigenvalue weighted by Gasteiger charge is 2.41. The number of anilines is 9. The predicted molar refractivity (Wildman–Crippen MR) is 310 cm³/mol. The fraction of sp³-hybridized carbons (Fsp3) is 0.0952. The summed E-state index contributed by atoms with van der Waals surface area (Å²) in [5, 5.41) is 8.64. The summed E-state index contributed by atoms with van der Waals surface area (Å²) in [4.78, 5) is 23.1. The molecule has 0 saturated heterocycles. The highest BCUT2D eigenvalue weighted by molar-refractivity contribution is 7.04. The van der Waals surface area contributed by atoms with Gasteiger partial charge in [-0.15, -0.1) is 0 Å². The van der Waals surface area contributed by atoms with E-state index in [-0.39, 0.29) is 0 Å². The first-order valence-electron chi connectivity index (χ1n) is 25.0. The molecule has 9 heteroatoms. The van der Waals surface area contributed by atoms with Crippen molar-refractivity contribution in [2.24, 2.45) is 0 Å². The number of benzene rings is 9. The van der Waals surface area contributed by atoms with Crippen LogP contribution >= 0.6 is 0 Å². The maximum Gasteiger partial charge on any atom is 0.164 e. The second kappa shape index (κ2) is 16.6. The van der Waals surface area contributed by atoms with Crippen molar-refractivity contribution in [3.63, 3.8) is 0 Å². The van der Waals surface area contributed by atoms with Gasteiger partial charge in [-0.05, 0) is 140 Å². The number of nitrogens with zero attached hydrogens (tertiary/aromatic N) is 6. The number of hydrogen-bond donors (Lipinski definition) is 0. The van der Waals surface area contributed by atoms with E-state index in [9.17, 15) is 0 Å². The first-order chi connectivity index (χ1) is 35.0. The molecule has 10 aromatic rings. The summed E-state index contributed by atoms with van der Waals surface area (Å²) < 4.78 is 0. The topological polar surface area (TPSA) is 48.4 Å². The van der Waals surface area contributed by atoms with Crippen LogP contribution in [0.25, 0.3) is 34.2 Å². The lowest BCUT2D eigenvalue weighted by molar-refractivity contribution is 1.07. The van der Waals surface area contributed by atoms with Crippen LogP contribution in [0.3, 0.4) is 0 Å². The van der Waals surface area contributed by atoms with Crippen LogP contribution in [0.4, 0.5) is 51.2 Å². The van der Waals surface area contributed by atoms with Crippen molar-refractivity contribution in [1.82, 2.24) is 15.0 Å². The molecule has 0 radical (unpaired) electrons. The Hall–Kier alpha value is -7.96. The first kappa shape index (κ1) is 44.0. The molecular formula is C63H54N6Si3. The molecule has 0 amide bonds. The van der Waals surface area contributed by atoms with Gasteiger partial charge in [0.15, 0.2) is 17.5 Å². The van der Waals surface area contributed by atoms with Crippen molar-refractivity contribution < 1.29 is 0 Å². The summed E-state index contributed by atoms with van der Waals surface area (Å²) in [7, 11) is -5.76. The van der Waals surface area contributed by atoms with Crippen LogP contribution in [0.2, 0.25) is 39.3 Å². The number of para-hydroxylation sites is 6. The molecule has 4 heterocycles. The van der Waals surface area contributed by atoms with Gasteiger partial charge in [0.2, 0.25) is 0 Å². The Balaban J connectivity index is 0.912. The molecule has 9 aromatic carbocycles. The molecule has 1 aromatic heterocycles. The van der Waals surface area contributed by atoms with Crippen molar-refractivity contribution in [2.45, 2.75) is 39.3 Å². The Morgan fingerprint density at radius 1 is 0.236 bits per heavy atom. The zero-order chi connectivity index (χ0) is 48.9. The quantitative estimate of drug-likeness (QED) is 0.155. The smallest absolute Gasteiger partial charge is 0.164 e. The molecule has 3 aliphatic heterocycles. The fourth-order valence-corrected chi connectivity index (χ4v) is 20.8. The highest BCUT2D eigenvalue weighted by Crippen LogP contribution is 2.42. The van der Waals surface area contributed by atoms with E-state index in [2.05, 4.69) is 272 Å². The lowest BCUT2D eigenvalue weighted by atomic mass is 10.1. The van der Waals surface area contributed by atoms with Gasteiger partial charge in [-0.2, -0.15) is 0 Å². The molecular weight excluding hydrogens is 925 g/mol. The third-order valence-corrected chi connectivity index (χ3v) is 26.3. The van der Waals surface area contributed by atoms with Crippen LogP contribution in [0.5, 0.6) is 0 Å². The van der Waals surface area contributed by atoms with E-state index in [0.717, 1.165) is 33.8 Å². The molecule has 0 saturated carbocycles. The number of rotatable bonds is 6. The first-order valence-corrected chi connectivity index (χ1v) is 34.0. The van der Waals surface area contributed by atoms with Gasteiger partial charge in [0.1, 0.15) is 24.2 Å². The molecule has 0 aliphatic carbocycles. The summed E-state index contributed by atoms with van der Waals surface area (Å²) >= 11 is 0. The van der Waals surface area contributed by atoms with Crippen LogP contribution in [0.15, 0.2) is 218 Å². The second-order valence-electron chi connectivity index (χ2n) is 20.9. The second-order valence-corrected chi connectivity index (χ2v) is 33.9. The Bertz CT molecular complexity index is 3200.